The monoisotopic (exact) mass is 437 g/mol. The Hall–Kier alpha value is -3.42. The Bertz CT molecular complexity index is 1030. The predicted octanol–water partition coefficient (Wildman–Crippen LogP) is 2.13. The smallest absolute Gasteiger partial charge is 0.262 e. The molecule has 32 heavy (non-hydrogen) atoms. The number of carbonyl (C=O) groups is 2. The number of ether oxygens (including phenoxy) is 3. The zero-order valence-corrected chi connectivity index (χ0v) is 18.1. The van der Waals surface area contributed by atoms with E-state index in [1.54, 1.807) is 7.05 Å². The Morgan fingerprint density at radius 1 is 1.06 bits per heavy atom. The maximum Gasteiger partial charge on any atom is 0.262 e. The average molecular weight is 437 g/mol. The van der Waals surface area contributed by atoms with E-state index >= 15 is 0 Å². The molecule has 0 radical (unpaired) electrons. The van der Waals surface area contributed by atoms with E-state index in [9.17, 15) is 9.59 Å². The van der Waals surface area contributed by atoms with Gasteiger partial charge in [0.1, 0.15) is 19.0 Å². The second-order valence-electron chi connectivity index (χ2n) is 8.22. The van der Waals surface area contributed by atoms with Gasteiger partial charge < -0.3 is 29.3 Å². The van der Waals surface area contributed by atoms with Crippen molar-refractivity contribution in [2.24, 2.45) is 0 Å². The van der Waals surface area contributed by atoms with Crippen LogP contribution in [0.5, 0.6) is 17.2 Å². The van der Waals surface area contributed by atoms with E-state index in [2.05, 4.69) is 5.32 Å². The van der Waals surface area contributed by atoms with Gasteiger partial charge in [0.2, 0.25) is 5.91 Å². The fraction of sp³-hybridized carbons (Fsp3) is 0.417. The molecule has 5 rings (SSSR count). The van der Waals surface area contributed by atoms with Crippen LogP contribution in [0.4, 0.5) is 5.69 Å². The maximum atomic E-state index is 13.4. The number of para-hydroxylation sites is 2. The molecule has 8 nitrogen and oxygen atoms in total. The van der Waals surface area contributed by atoms with Gasteiger partial charge in [-0.25, -0.2) is 0 Å². The topological polar surface area (TPSA) is 80.3 Å². The summed E-state index contributed by atoms with van der Waals surface area (Å²) in [6.07, 6.45) is 1.20. The summed E-state index contributed by atoms with van der Waals surface area (Å²) in [6, 6.07) is 13.5. The summed E-state index contributed by atoms with van der Waals surface area (Å²) in [4.78, 5) is 29.6. The first-order valence-electron chi connectivity index (χ1n) is 11.1. The van der Waals surface area contributed by atoms with E-state index in [1.165, 1.54) is 0 Å². The molecule has 168 valence electrons. The van der Waals surface area contributed by atoms with Gasteiger partial charge in [-0.1, -0.05) is 18.2 Å². The molecule has 2 aromatic rings. The summed E-state index contributed by atoms with van der Waals surface area (Å²) in [7, 11) is 1.59. The molecule has 3 heterocycles. The Balaban J connectivity index is 1.35. The predicted molar refractivity (Wildman–Crippen MR) is 118 cm³/mol. The summed E-state index contributed by atoms with van der Waals surface area (Å²) >= 11 is 0. The number of benzene rings is 2. The number of nitrogens with zero attached hydrogens (tertiary/aromatic N) is 2. The van der Waals surface area contributed by atoms with Crippen LogP contribution in [0.1, 0.15) is 24.4 Å². The van der Waals surface area contributed by atoms with Crippen LogP contribution in [-0.4, -0.2) is 62.7 Å². The second-order valence-corrected chi connectivity index (χ2v) is 8.22. The van der Waals surface area contributed by atoms with Crippen LogP contribution in [0.15, 0.2) is 42.5 Å². The number of likely N-dealkylation sites (tertiary alicyclic amines) is 1. The summed E-state index contributed by atoms with van der Waals surface area (Å²) in [5, 5.41) is 2.64. The molecule has 8 heteroatoms. The van der Waals surface area contributed by atoms with Crippen molar-refractivity contribution in [2.45, 2.75) is 25.0 Å². The summed E-state index contributed by atoms with van der Waals surface area (Å²) in [5.74, 6) is 1.94. The molecule has 0 saturated carbocycles. The molecule has 3 aliphatic rings. The van der Waals surface area contributed by atoms with Crippen molar-refractivity contribution in [2.75, 3.05) is 44.8 Å². The minimum atomic E-state index is -0.658. The van der Waals surface area contributed by atoms with Crippen molar-refractivity contribution in [3.05, 3.63) is 48.0 Å². The first-order valence-corrected chi connectivity index (χ1v) is 11.1. The molecule has 3 aliphatic heterocycles. The van der Waals surface area contributed by atoms with Gasteiger partial charge in [0, 0.05) is 13.6 Å². The van der Waals surface area contributed by atoms with Gasteiger partial charge in [0.15, 0.2) is 17.6 Å². The quantitative estimate of drug-likeness (QED) is 0.790. The van der Waals surface area contributed by atoms with Gasteiger partial charge in [-0.3, -0.25) is 9.59 Å². The maximum absolute atomic E-state index is 13.4. The van der Waals surface area contributed by atoms with Crippen molar-refractivity contribution in [3.8, 4) is 17.2 Å². The molecule has 1 N–H and O–H groups in total. The molecule has 0 bridgehead atoms. The zero-order chi connectivity index (χ0) is 22.1. The number of anilines is 1. The molecule has 0 spiro atoms. The Morgan fingerprint density at radius 3 is 2.72 bits per heavy atom. The van der Waals surface area contributed by atoms with Crippen molar-refractivity contribution in [1.29, 1.82) is 0 Å². The van der Waals surface area contributed by atoms with Gasteiger partial charge in [0.05, 0.1) is 24.8 Å². The number of amides is 2. The number of hydrogen-bond donors (Lipinski definition) is 1. The molecule has 2 amide bonds. The Kier molecular flexibility index (Phi) is 5.51. The van der Waals surface area contributed by atoms with Crippen LogP contribution < -0.4 is 24.4 Å². The third-order valence-corrected chi connectivity index (χ3v) is 6.25. The van der Waals surface area contributed by atoms with E-state index in [-0.39, 0.29) is 24.4 Å². The first-order chi connectivity index (χ1) is 15.6. The van der Waals surface area contributed by atoms with Crippen LogP contribution in [0, 0.1) is 0 Å². The molecular weight excluding hydrogens is 410 g/mol. The standard InChI is InChI=1S/C24H27N3O5/c1-25-24(29)22-14-26(18-5-2-3-7-19(18)32-22)15-23(28)27-10-4-6-17(27)16-8-9-20-21(13-16)31-12-11-30-20/h2-3,5,7-9,13,17,22H,4,6,10-12,14-15H2,1H3,(H,25,29). The normalized spacial score (nSPS) is 21.5. The molecule has 1 fully saturated rings. The van der Waals surface area contributed by atoms with Gasteiger partial charge >= 0.3 is 0 Å². The molecule has 2 unspecified atom stereocenters. The molecule has 2 aromatic carbocycles. The fourth-order valence-electron chi connectivity index (χ4n) is 4.69. The van der Waals surface area contributed by atoms with E-state index < -0.39 is 6.10 Å². The highest BCUT2D eigenvalue weighted by Gasteiger charge is 2.35. The Morgan fingerprint density at radius 2 is 1.88 bits per heavy atom. The lowest BCUT2D eigenvalue weighted by molar-refractivity contribution is -0.131. The molecular formula is C24H27N3O5. The van der Waals surface area contributed by atoms with Gasteiger partial charge in [-0.2, -0.15) is 0 Å². The molecule has 0 aromatic heterocycles. The second kappa shape index (κ2) is 8.61. The number of carbonyl (C=O) groups excluding carboxylic acids is 2. The van der Waals surface area contributed by atoms with Crippen molar-refractivity contribution < 1.29 is 23.8 Å². The third-order valence-electron chi connectivity index (χ3n) is 6.25. The summed E-state index contributed by atoms with van der Waals surface area (Å²) in [6.45, 7) is 2.31. The zero-order valence-electron chi connectivity index (χ0n) is 18.1. The van der Waals surface area contributed by atoms with Crippen LogP contribution in [0.2, 0.25) is 0 Å². The van der Waals surface area contributed by atoms with Crippen LogP contribution >= 0.6 is 0 Å². The minimum Gasteiger partial charge on any atom is -0.486 e. The largest absolute Gasteiger partial charge is 0.486 e. The van der Waals surface area contributed by atoms with Crippen molar-refractivity contribution in [1.82, 2.24) is 10.2 Å². The average Bonchev–Trinajstić information content (AvgIpc) is 3.33. The minimum absolute atomic E-state index is 0.00403. The van der Waals surface area contributed by atoms with Crippen LogP contribution in [-0.2, 0) is 9.59 Å². The summed E-state index contributed by atoms with van der Waals surface area (Å²) < 4.78 is 17.2. The lowest BCUT2D eigenvalue weighted by atomic mass is 10.0. The van der Waals surface area contributed by atoms with E-state index in [1.807, 2.05) is 52.3 Å². The number of likely N-dealkylation sites (N-methyl/N-ethyl adjacent to an activating group) is 1. The SMILES string of the molecule is CNC(=O)C1CN(CC(=O)N2CCCC2c2ccc3c(c2)OCCO3)c2ccccc2O1. The molecule has 2 atom stereocenters. The number of rotatable bonds is 4. The van der Waals surface area contributed by atoms with Gasteiger partial charge in [-0.15, -0.1) is 0 Å². The summed E-state index contributed by atoms with van der Waals surface area (Å²) in [5.41, 5.74) is 1.89. The van der Waals surface area contributed by atoms with Gasteiger partial charge in [0.25, 0.3) is 5.91 Å². The van der Waals surface area contributed by atoms with Crippen molar-refractivity contribution in [3.63, 3.8) is 0 Å². The first kappa shape index (κ1) is 20.5. The van der Waals surface area contributed by atoms with Crippen LogP contribution in [0.25, 0.3) is 0 Å². The van der Waals surface area contributed by atoms with Crippen molar-refractivity contribution >= 4 is 17.5 Å². The molecule has 1 saturated heterocycles. The lowest BCUT2D eigenvalue weighted by Crippen LogP contribution is -2.51. The number of nitrogens with one attached hydrogen (secondary N) is 1. The lowest BCUT2D eigenvalue weighted by Gasteiger charge is -2.36. The van der Waals surface area contributed by atoms with Crippen LogP contribution in [0.3, 0.4) is 0 Å². The highest BCUT2D eigenvalue weighted by molar-refractivity contribution is 5.86. The highest BCUT2D eigenvalue weighted by Crippen LogP contribution is 2.39. The fourth-order valence-corrected chi connectivity index (χ4v) is 4.69. The number of hydrogen-bond acceptors (Lipinski definition) is 6. The number of fused-ring (bicyclic) bond motifs is 2. The van der Waals surface area contributed by atoms with E-state index in [0.29, 0.717) is 32.1 Å². The van der Waals surface area contributed by atoms with E-state index in [4.69, 9.17) is 14.2 Å². The third kappa shape index (κ3) is 3.81. The van der Waals surface area contributed by atoms with E-state index in [0.717, 1.165) is 35.6 Å². The Labute approximate surface area is 187 Å². The highest BCUT2D eigenvalue weighted by atomic mass is 16.6. The molecule has 0 aliphatic carbocycles. The van der Waals surface area contributed by atoms with Gasteiger partial charge in [-0.05, 0) is 42.7 Å².